The van der Waals surface area contributed by atoms with Crippen LogP contribution in [0.3, 0.4) is 0 Å². The molecule has 0 atom stereocenters. The highest BCUT2D eigenvalue weighted by Crippen LogP contribution is 2.47. The number of para-hydroxylation sites is 2. The Labute approximate surface area is 429 Å². The van der Waals surface area contributed by atoms with E-state index in [1.54, 1.807) is 23.5 Å². The first-order valence-corrected chi connectivity index (χ1v) is 26.0. The first-order valence-electron chi connectivity index (χ1n) is 24.4. The maximum Gasteiger partial charge on any atom is 0.254 e. The van der Waals surface area contributed by atoms with E-state index >= 15 is 0 Å². The molecule has 13 rings (SSSR count). The lowest BCUT2D eigenvalue weighted by atomic mass is 9.32. The van der Waals surface area contributed by atoms with Gasteiger partial charge in [0.2, 0.25) is 0 Å². The molecule has 6 nitrogen and oxygen atoms in total. The smallest absolute Gasteiger partial charge is 0.254 e. The largest absolute Gasteiger partial charge is 0.458 e. The summed E-state index contributed by atoms with van der Waals surface area (Å²) in [7, 11) is 0. The molecule has 0 aliphatic carbocycles. The minimum absolute atomic E-state index is 0.0235. The third kappa shape index (κ3) is 7.98. The molecule has 0 unspecified atom stereocenters. The number of rotatable bonds is 8. The zero-order valence-electron chi connectivity index (χ0n) is 40.7. The highest BCUT2D eigenvalue weighted by Gasteiger charge is 2.45. The van der Waals surface area contributed by atoms with E-state index in [-0.39, 0.29) is 24.3 Å². The van der Waals surface area contributed by atoms with Gasteiger partial charge in [0.15, 0.2) is 0 Å². The average molecular weight is 975 g/mol. The van der Waals surface area contributed by atoms with E-state index in [1.807, 2.05) is 97.1 Å². The van der Waals surface area contributed by atoms with Crippen LogP contribution in [0.2, 0.25) is 0 Å². The van der Waals surface area contributed by atoms with Crippen LogP contribution < -0.4 is 61.2 Å². The van der Waals surface area contributed by atoms with Crippen LogP contribution in [-0.4, -0.2) is 13.4 Å². The van der Waals surface area contributed by atoms with Crippen LogP contribution in [-0.2, 0) is 10.8 Å². The zero-order valence-corrected chi connectivity index (χ0v) is 42.4. The van der Waals surface area contributed by atoms with Gasteiger partial charge in [-0.2, -0.15) is 0 Å². The van der Waals surface area contributed by atoms with Gasteiger partial charge in [0.05, 0.1) is 9.79 Å². The van der Waals surface area contributed by atoms with E-state index in [2.05, 4.69) is 126 Å². The summed E-state index contributed by atoms with van der Waals surface area (Å²) in [5.41, 5.74) is 9.12. The summed E-state index contributed by atoms with van der Waals surface area (Å²) >= 11 is 3.39. The van der Waals surface area contributed by atoms with Gasteiger partial charge in [-0.15, -0.1) is 0 Å². The van der Waals surface area contributed by atoms with Crippen molar-refractivity contribution in [2.45, 2.75) is 72.0 Å². The molecule has 0 aromatic heterocycles. The van der Waals surface area contributed by atoms with E-state index in [1.165, 1.54) is 11.1 Å². The van der Waals surface area contributed by atoms with Crippen molar-refractivity contribution in [2.24, 2.45) is 0 Å². The van der Waals surface area contributed by atoms with Gasteiger partial charge in [0, 0.05) is 28.0 Å². The Morgan fingerprint density at radius 3 is 1.15 bits per heavy atom. The second-order valence-electron chi connectivity index (χ2n) is 20.8. The van der Waals surface area contributed by atoms with E-state index in [4.69, 9.17) is 28.4 Å². The standard InChI is InChI=1S/C62H48B2O6S2/c1-61(2,3)37-23-27-41(28-24-37)65-43-31-53-57-55(33-43)71-59-45(19-13-21-49(59)67-39-15-9-7-10-16-39)63(57)47-35-48-52(36-51(47)69-53)70-54-32-44(66-42-29-25-38(26-30-42)62(4,5)6)34-56-58(54)64(48)46-20-14-22-50(60(46)72-56)68-40-17-11-8-12-18-40/h7-36H,1-6H3. The van der Waals surface area contributed by atoms with E-state index < -0.39 is 0 Å². The molecular weight excluding hydrogens is 926 g/mol. The van der Waals surface area contributed by atoms with Crippen LogP contribution >= 0.6 is 23.5 Å². The second kappa shape index (κ2) is 17.1. The number of hydrogen-bond acceptors (Lipinski definition) is 8. The summed E-state index contributed by atoms with van der Waals surface area (Å²) in [5.74, 6) is 8.95. The number of ether oxygens (including phenoxy) is 6. The first kappa shape index (κ1) is 44.5. The summed E-state index contributed by atoms with van der Waals surface area (Å²) in [6.07, 6.45) is 0. The minimum atomic E-state index is -0.189. The lowest BCUT2D eigenvalue weighted by Crippen LogP contribution is -2.61. The molecule has 72 heavy (non-hydrogen) atoms. The molecule has 4 aliphatic heterocycles. The first-order chi connectivity index (χ1) is 34.9. The van der Waals surface area contributed by atoms with Gasteiger partial charge in [-0.1, -0.05) is 167 Å². The molecular formula is C62H48B2O6S2. The van der Waals surface area contributed by atoms with Crippen LogP contribution in [0.5, 0.6) is 69.0 Å². The molecule has 0 radical (unpaired) electrons. The quantitative estimate of drug-likeness (QED) is 0.140. The van der Waals surface area contributed by atoms with Gasteiger partial charge >= 0.3 is 0 Å². The number of hydrogen-bond donors (Lipinski definition) is 0. The molecule has 0 spiro atoms. The minimum Gasteiger partial charge on any atom is -0.458 e. The number of fused-ring (bicyclic) bond motifs is 8. The molecule has 0 saturated carbocycles. The maximum atomic E-state index is 7.11. The lowest BCUT2D eigenvalue weighted by Gasteiger charge is -2.37. The van der Waals surface area contributed by atoms with Gasteiger partial charge in [-0.05, 0) is 117 Å². The van der Waals surface area contributed by atoms with Gasteiger partial charge < -0.3 is 28.4 Å². The van der Waals surface area contributed by atoms with Crippen LogP contribution in [0.1, 0.15) is 52.7 Å². The summed E-state index contributed by atoms with van der Waals surface area (Å²) in [6.45, 7) is 12.9. The molecule has 10 heteroatoms. The Balaban J connectivity index is 0.962. The SMILES string of the molecule is CC(C)(C)c1ccc(Oc2cc3c4c(c2)Sc2c(Oc5ccccc5)cccc2B4c2cc4c(cc2O3)Oc2cc(Oc3ccc(C(C)(C)C)cc3)cc3c2B4c2cccc(Oc4ccccc4)c2S3)cc1. The lowest BCUT2D eigenvalue weighted by molar-refractivity contribution is 0.448. The maximum absolute atomic E-state index is 7.11. The monoisotopic (exact) mass is 974 g/mol. The highest BCUT2D eigenvalue weighted by atomic mass is 32.2. The molecule has 4 heterocycles. The Hall–Kier alpha value is -7.39. The molecule has 0 amide bonds. The van der Waals surface area contributed by atoms with Crippen LogP contribution in [0.15, 0.2) is 202 Å². The number of benzene rings is 9. The van der Waals surface area contributed by atoms with Crippen LogP contribution in [0.4, 0.5) is 0 Å². The fraction of sp³-hybridized carbons (Fsp3) is 0.129. The van der Waals surface area contributed by atoms with Crippen LogP contribution in [0.25, 0.3) is 0 Å². The van der Waals surface area contributed by atoms with E-state index in [0.717, 1.165) is 110 Å². The van der Waals surface area contributed by atoms with Crippen molar-refractivity contribution in [2.75, 3.05) is 0 Å². The molecule has 0 saturated heterocycles. The molecule has 4 aliphatic rings. The third-order valence-corrected chi connectivity index (χ3v) is 16.3. The summed E-state index contributed by atoms with van der Waals surface area (Å²) in [4.78, 5) is 4.19. The van der Waals surface area contributed by atoms with Gasteiger partial charge in [-0.3, -0.25) is 0 Å². The molecule has 9 aromatic rings. The molecule has 350 valence electrons. The normalized spacial score (nSPS) is 13.5. The molecule has 0 N–H and O–H groups in total. The van der Waals surface area contributed by atoms with Crippen molar-refractivity contribution >= 4 is 69.7 Å². The molecule has 9 aromatic carbocycles. The van der Waals surface area contributed by atoms with E-state index in [0.29, 0.717) is 11.5 Å². The molecule has 0 bridgehead atoms. The van der Waals surface area contributed by atoms with Crippen molar-refractivity contribution in [3.63, 3.8) is 0 Å². The van der Waals surface area contributed by atoms with E-state index in [9.17, 15) is 0 Å². The fourth-order valence-corrected chi connectivity index (χ4v) is 12.7. The molecule has 0 fully saturated rings. The topological polar surface area (TPSA) is 55.4 Å². The predicted molar refractivity (Wildman–Crippen MR) is 293 cm³/mol. The Morgan fingerprint density at radius 1 is 0.347 bits per heavy atom. The highest BCUT2D eigenvalue weighted by molar-refractivity contribution is 8.00. The third-order valence-electron chi connectivity index (χ3n) is 13.9. The Bertz CT molecular complexity index is 3370. The van der Waals surface area contributed by atoms with Crippen LogP contribution in [0, 0.1) is 0 Å². The van der Waals surface area contributed by atoms with Gasteiger partial charge in [0.25, 0.3) is 13.4 Å². The average Bonchev–Trinajstić information content (AvgIpc) is 3.36. The van der Waals surface area contributed by atoms with Crippen molar-refractivity contribution < 1.29 is 28.4 Å². The summed E-state index contributed by atoms with van der Waals surface area (Å²) in [6, 6.07) is 62.3. The Morgan fingerprint density at radius 2 is 0.750 bits per heavy atom. The summed E-state index contributed by atoms with van der Waals surface area (Å²) in [5, 5.41) is 0. The second-order valence-corrected chi connectivity index (χ2v) is 22.9. The van der Waals surface area contributed by atoms with Gasteiger partial charge in [-0.25, -0.2) is 0 Å². The summed E-state index contributed by atoms with van der Waals surface area (Å²) < 4.78 is 41.0. The van der Waals surface area contributed by atoms with Crippen molar-refractivity contribution in [3.05, 3.63) is 193 Å². The predicted octanol–water partition coefficient (Wildman–Crippen LogP) is 13.6. The Kier molecular flexibility index (Phi) is 10.6. The zero-order chi connectivity index (χ0) is 48.9. The fourth-order valence-electron chi connectivity index (χ4n) is 10.3. The van der Waals surface area contributed by atoms with Gasteiger partial charge in [0.1, 0.15) is 69.0 Å². The van der Waals surface area contributed by atoms with Crippen molar-refractivity contribution in [1.29, 1.82) is 0 Å². The van der Waals surface area contributed by atoms with Crippen molar-refractivity contribution in [3.8, 4) is 69.0 Å². The van der Waals surface area contributed by atoms with Crippen molar-refractivity contribution in [1.82, 2.24) is 0 Å².